The van der Waals surface area contributed by atoms with Gasteiger partial charge in [-0.05, 0) is 32.9 Å². The summed E-state index contributed by atoms with van der Waals surface area (Å²) in [5.74, 6) is 1.15. The minimum Gasteiger partial charge on any atom is -0.444 e. The summed E-state index contributed by atoms with van der Waals surface area (Å²) in [7, 11) is 0. The number of anilines is 1. The number of H-pyrrole nitrogens is 1. The van der Waals surface area contributed by atoms with Crippen LogP contribution in [0.2, 0.25) is 0 Å². The van der Waals surface area contributed by atoms with Crippen molar-refractivity contribution < 1.29 is 9.53 Å². The van der Waals surface area contributed by atoms with Gasteiger partial charge in [-0.1, -0.05) is 0 Å². The van der Waals surface area contributed by atoms with Gasteiger partial charge in [-0.25, -0.2) is 4.79 Å². The van der Waals surface area contributed by atoms with Gasteiger partial charge in [0, 0.05) is 5.69 Å². The number of rotatable bonds is 0. The number of primary amides is 1. The Bertz CT molecular complexity index is 320. The Morgan fingerprint density at radius 2 is 2.13 bits per heavy atom. The van der Waals surface area contributed by atoms with E-state index in [-0.39, 0.29) is 0 Å². The van der Waals surface area contributed by atoms with Crippen LogP contribution in [-0.4, -0.2) is 16.7 Å². The van der Waals surface area contributed by atoms with Gasteiger partial charge in [0.2, 0.25) is 0 Å². The first-order chi connectivity index (χ1) is 6.87. The second-order valence-corrected chi connectivity index (χ2v) is 4.28. The third kappa shape index (κ3) is 4.39. The Hall–Kier alpha value is -1.65. The molecule has 2 heterocycles. The third-order valence-corrected chi connectivity index (χ3v) is 1.62. The maximum Gasteiger partial charge on any atom is 0.405 e. The summed E-state index contributed by atoms with van der Waals surface area (Å²) in [6.07, 6.45) is -0.725. The fourth-order valence-electron chi connectivity index (χ4n) is 1.14. The predicted octanol–water partition coefficient (Wildman–Crippen LogP) is 1.82. The van der Waals surface area contributed by atoms with E-state index in [1.807, 2.05) is 6.07 Å². The van der Waals surface area contributed by atoms with Gasteiger partial charge in [-0.2, -0.15) is 0 Å². The second kappa shape index (κ2) is 4.25. The Kier molecular flexibility index (Phi) is 3.24. The first-order valence-electron chi connectivity index (χ1n) is 4.77. The van der Waals surface area contributed by atoms with Gasteiger partial charge in [0.25, 0.3) is 0 Å². The second-order valence-electron chi connectivity index (χ2n) is 4.28. The number of aromatic amines is 1. The summed E-state index contributed by atoms with van der Waals surface area (Å²) in [5, 5.41) is 3.14. The van der Waals surface area contributed by atoms with E-state index in [1.165, 1.54) is 5.69 Å². The molecule has 0 aromatic carbocycles. The highest BCUT2D eigenvalue weighted by atomic mass is 16.6. The van der Waals surface area contributed by atoms with E-state index < -0.39 is 11.7 Å². The number of carbonyl (C=O) groups is 1. The summed E-state index contributed by atoms with van der Waals surface area (Å²) in [4.78, 5) is 13.2. The lowest BCUT2D eigenvalue weighted by Gasteiger charge is -2.16. The van der Waals surface area contributed by atoms with Crippen molar-refractivity contribution in [1.82, 2.24) is 4.98 Å². The van der Waals surface area contributed by atoms with E-state index >= 15 is 0 Å². The fraction of sp³-hybridized carbons (Fsp3) is 0.500. The first kappa shape index (κ1) is 11.4. The van der Waals surface area contributed by atoms with Crippen LogP contribution in [0.5, 0.6) is 0 Å². The first-order valence-corrected chi connectivity index (χ1v) is 4.77. The summed E-state index contributed by atoms with van der Waals surface area (Å²) in [6, 6.07) is 4.13. The molecule has 1 aliphatic heterocycles. The molecule has 4 N–H and O–H groups in total. The molecule has 0 saturated carbocycles. The molecule has 1 aliphatic rings. The summed E-state index contributed by atoms with van der Waals surface area (Å²) < 4.78 is 4.58. The fourth-order valence-corrected chi connectivity index (χ4v) is 1.14. The van der Waals surface area contributed by atoms with Crippen LogP contribution in [0.15, 0.2) is 12.1 Å². The highest BCUT2D eigenvalue weighted by Gasteiger charge is 2.12. The van der Waals surface area contributed by atoms with Crippen molar-refractivity contribution in [2.45, 2.75) is 32.9 Å². The van der Waals surface area contributed by atoms with Crippen LogP contribution in [0.3, 0.4) is 0 Å². The molecule has 0 spiro atoms. The molecule has 15 heavy (non-hydrogen) atoms. The zero-order valence-corrected chi connectivity index (χ0v) is 9.26. The third-order valence-electron chi connectivity index (χ3n) is 1.62. The zero-order valence-electron chi connectivity index (χ0n) is 9.26. The van der Waals surface area contributed by atoms with Crippen molar-refractivity contribution >= 4 is 11.9 Å². The molecular formula is C10H17N3O2. The molecule has 0 saturated heterocycles. The molecule has 0 fully saturated rings. The Morgan fingerprint density at radius 3 is 2.20 bits per heavy atom. The normalized spacial score (nSPS) is 12.5. The van der Waals surface area contributed by atoms with Gasteiger partial charge in [-0.15, -0.1) is 0 Å². The monoisotopic (exact) mass is 211 g/mol. The number of carbonyl (C=O) groups excluding carboxylic acids is 1. The highest BCUT2D eigenvalue weighted by molar-refractivity contribution is 5.65. The van der Waals surface area contributed by atoms with E-state index in [2.05, 4.69) is 21.1 Å². The SMILES string of the molecule is CC(C)(C)OC(N)=O.c1cc2[nH]c1CN2. The van der Waals surface area contributed by atoms with Crippen molar-refractivity contribution in [3.8, 4) is 0 Å². The standard InChI is InChI=1S/C5H6N2.C5H11NO2/c1-2-5-6-3-4(1)7-5;1-5(2,3)8-4(6)7/h1-2,6-7H,3H2;1-3H3,(H2,6,7). The minimum atomic E-state index is -0.725. The van der Waals surface area contributed by atoms with Crippen LogP contribution in [-0.2, 0) is 11.3 Å². The number of nitrogens with two attached hydrogens (primary N) is 1. The number of fused-ring (bicyclic) bond motifs is 2. The molecule has 1 aromatic rings. The molecule has 1 amide bonds. The van der Waals surface area contributed by atoms with Crippen molar-refractivity contribution in [1.29, 1.82) is 0 Å². The lowest BCUT2D eigenvalue weighted by atomic mass is 10.2. The number of ether oxygens (including phenoxy) is 1. The molecular weight excluding hydrogens is 194 g/mol. The van der Waals surface area contributed by atoms with Crippen molar-refractivity contribution in [3.05, 3.63) is 17.8 Å². The van der Waals surface area contributed by atoms with E-state index in [1.54, 1.807) is 20.8 Å². The molecule has 0 radical (unpaired) electrons. The largest absolute Gasteiger partial charge is 0.444 e. The molecule has 0 atom stereocenters. The molecule has 84 valence electrons. The lowest BCUT2D eigenvalue weighted by Crippen LogP contribution is -2.27. The maximum atomic E-state index is 10.0. The average molecular weight is 211 g/mol. The molecule has 0 unspecified atom stereocenters. The molecule has 2 bridgehead atoms. The van der Waals surface area contributed by atoms with Crippen LogP contribution in [0.25, 0.3) is 0 Å². The van der Waals surface area contributed by atoms with E-state index in [9.17, 15) is 4.79 Å². The summed E-state index contributed by atoms with van der Waals surface area (Å²) in [5.41, 5.74) is 5.55. The van der Waals surface area contributed by atoms with Gasteiger partial charge in [0.05, 0.1) is 6.54 Å². The van der Waals surface area contributed by atoms with Crippen molar-refractivity contribution in [2.75, 3.05) is 5.32 Å². The molecule has 5 heteroatoms. The smallest absolute Gasteiger partial charge is 0.405 e. The highest BCUT2D eigenvalue weighted by Crippen LogP contribution is 2.14. The quantitative estimate of drug-likeness (QED) is 0.612. The minimum absolute atomic E-state index is 0.453. The van der Waals surface area contributed by atoms with Gasteiger partial charge >= 0.3 is 6.09 Å². The van der Waals surface area contributed by atoms with E-state index in [4.69, 9.17) is 5.73 Å². The number of hydrogen-bond acceptors (Lipinski definition) is 3. The Balaban J connectivity index is 0.000000150. The number of amides is 1. The van der Waals surface area contributed by atoms with E-state index in [0.717, 1.165) is 12.4 Å². The van der Waals surface area contributed by atoms with Gasteiger partial charge < -0.3 is 20.8 Å². The zero-order chi connectivity index (χ0) is 11.5. The number of nitrogens with one attached hydrogen (secondary N) is 2. The molecule has 5 nitrogen and oxygen atoms in total. The summed E-state index contributed by atoms with van der Waals surface area (Å²) in [6.45, 7) is 6.28. The Labute approximate surface area is 89.0 Å². The predicted molar refractivity (Wildman–Crippen MR) is 58.5 cm³/mol. The average Bonchev–Trinajstić information content (AvgIpc) is 2.61. The van der Waals surface area contributed by atoms with Crippen molar-refractivity contribution in [2.24, 2.45) is 5.73 Å². The maximum absolute atomic E-state index is 10.0. The lowest BCUT2D eigenvalue weighted by molar-refractivity contribution is 0.0600. The number of aromatic nitrogens is 1. The van der Waals surface area contributed by atoms with Gasteiger partial charge in [-0.3, -0.25) is 0 Å². The van der Waals surface area contributed by atoms with Gasteiger partial charge in [0.15, 0.2) is 0 Å². The Morgan fingerprint density at radius 1 is 1.47 bits per heavy atom. The van der Waals surface area contributed by atoms with Crippen LogP contribution in [0, 0.1) is 0 Å². The molecule has 1 aromatic heterocycles. The summed E-state index contributed by atoms with van der Waals surface area (Å²) >= 11 is 0. The number of hydrogen-bond donors (Lipinski definition) is 3. The topological polar surface area (TPSA) is 80.1 Å². The van der Waals surface area contributed by atoms with Crippen LogP contribution in [0.1, 0.15) is 26.5 Å². The molecule has 0 aliphatic carbocycles. The van der Waals surface area contributed by atoms with Crippen LogP contribution < -0.4 is 11.1 Å². The van der Waals surface area contributed by atoms with Crippen LogP contribution in [0.4, 0.5) is 10.6 Å². The van der Waals surface area contributed by atoms with Gasteiger partial charge in [0.1, 0.15) is 11.4 Å². The van der Waals surface area contributed by atoms with Crippen molar-refractivity contribution in [3.63, 3.8) is 0 Å². The molecule has 2 rings (SSSR count). The van der Waals surface area contributed by atoms with E-state index in [0.29, 0.717) is 0 Å². The van der Waals surface area contributed by atoms with Crippen LogP contribution >= 0.6 is 0 Å².